The van der Waals surface area contributed by atoms with Crippen LogP contribution in [-0.4, -0.2) is 121 Å². The Kier molecular flexibility index (Phi) is 32.4. The van der Waals surface area contributed by atoms with Crippen molar-refractivity contribution in [2.45, 2.75) is 83.7 Å². The van der Waals surface area contributed by atoms with Crippen LogP contribution in [0.4, 0.5) is 0 Å². The Hall–Kier alpha value is -1.77. The number of thioether (sulfide) groups is 3. The van der Waals surface area contributed by atoms with Crippen LogP contribution in [-0.2, 0) is 28.8 Å². The van der Waals surface area contributed by atoms with Crippen molar-refractivity contribution in [1.82, 2.24) is 0 Å². The van der Waals surface area contributed by atoms with Gasteiger partial charge in [0.2, 0.25) is 0 Å². The number of aliphatic carboxylic acids is 3. The number of nitrogens with two attached hydrogens (primary N) is 6. The van der Waals surface area contributed by atoms with Crippen molar-refractivity contribution in [2.75, 3.05) is 34.5 Å². The van der Waals surface area contributed by atoms with E-state index in [0.29, 0.717) is 42.3 Å². The molecule has 0 aromatic heterocycles. The molecule has 0 aromatic carbocycles. The lowest BCUT2D eigenvalue weighted by Gasteiger charge is -2.08. The maximum Gasteiger partial charge on any atom is 0.321 e. The van der Waals surface area contributed by atoms with E-state index in [2.05, 4.69) is 0 Å². The summed E-state index contributed by atoms with van der Waals surface area (Å²) in [7, 11) is 0. The molecule has 0 aliphatic carbocycles. The fourth-order valence-corrected chi connectivity index (χ4v) is 5.16. The lowest BCUT2D eigenvalue weighted by molar-refractivity contribution is -0.139. The zero-order valence-corrected chi connectivity index (χ0v) is 26.8. The number of carbonyl (C=O) groups excluding carboxylic acids is 3. The normalized spacial score (nSPS) is 14.4. The van der Waals surface area contributed by atoms with Crippen molar-refractivity contribution >= 4 is 70.5 Å². The number of Topliss-reactive ketones (excluding diaryl/α,β-unsaturated/α-hetero) is 3. The summed E-state index contributed by atoms with van der Waals surface area (Å²) in [5, 5.41) is 25.4. The van der Waals surface area contributed by atoms with Crippen LogP contribution < -0.4 is 34.4 Å². The molecule has 0 spiro atoms. The van der Waals surface area contributed by atoms with Gasteiger partial charge >= 0.3 is 17.9 Å². The van der Waals surface area contributed by atoms with Crippen LogP contribution in [0.5, 0.6) is 0 Å². The van der Waals surface area contributed by atoms with Crippen LogP contribution >= 0.6 is 35.3 Å². The van der Waals surface area contributed by atoms with E-state index in [-0.39, 0.29) is 30.5 Å². The topological polar surface area (TPSA) is 319 Å². The van der Waals surface area contributed by atoms with Crippen molar-refractivity contribution in [1.29, 1.82) is 0 Å². The van der Waals surface area contributed by atoms with E-state index in [9.17, 15) is 28.8 Å². The SMILES string of the molecule is C.CC(=O)C(N)CCSCCC(N)C(=O)O.CC(=O)C(N)CSCC(N)C(=O)O.CC(=O)C(N)CSCCC(N)C(=O)O. The Morgan fingerprint density at radius 3 is 1.07 bits per heavy atom. The summed E-state index contributed by atoms with van der Waals surface area (Å²) < 4.78 is 0. The Labute approximate surface area is 266 Å². The quantitative estimate of drug-likeness (QED) is 0.0655. The minimum atomic E-state index is -1.04. The molecule has 0 saturated heterocycles. The monoisotopic (exact) mass is 676 g/mol. The molecule has 6 atom stereocenters. The van der Waals surface area contributed by atoms with Crippen molar-refractivity contribution in [3.05, 3.63) is 0 Å². The molecule has 0 aliphatic heterocycles. The first-order valence-electron chi connectivity index (χ1n) is 12.8. The van der Waals surface area contributed by atoms with Crippen molar-refractivity contribution in [2.24, 2.45) is 34.4 Å². The summed E-state index contributed by atoms with van der Waals surface area (Å²) >= 11 is 4.29. The summed E-state index contributed by atoms with van der Waals surface area (Å²) in [5.41, 5.74) is 32.3. The van der Waals surface area contributed by atoms with E-state index in [1.165, 1.54) is 44.3 Å². The second-order valence-corrected chi connectivity index (χ2v) is 12.5. The zero-order valence-electron chi connectivity index (χ0n) is 24.3. The molecular formula is C25H52N6O9S3. The maximum absolute atomic E-state index is 10.8. The molecule has 6 unspecified atom stereocenters. The Morgan fingerprint density at radius 2 is 0.744 bits per heavy atom. The smallest absolute Gasteiger partial charge is 0.321 e. The molecule has 0 saturated carbocycles. The van der Waals surface area contributed by atoms with E-state index in [4.69, 9.17) is 49.7 Å². The fourth-order valence-electron chi connectivity index (χ4n) is 2.02. The van der Waals surface area contributed by atoms with Gasteiger partial charge in [-0.05, 0) is 57.3 Å². The van der Waals surface area contributed by atoms with Crippen LogP contribution in [0.25, 0.3) is 0 Å². The van der Waals surface area contributed by atoms with E-state index >= 15 is 0 Å². The van der Waals surface area contributed by atoms with Gasteiger partial charge in [0.15, 0.2) is 0 Å². The molecule has 0 aromatic rings. The first-order valence-corrected chi connectivity index (χ1v) is 16.3. The average Bonchev–Trinajstić information content (AvgIpc) is 2.90. The number of hydrogen-bond acceptors (Lipinski definition) is 15. The molecule has 0 amide bonds. The summed E-state index contributed by atoms with van der Waals surface area (Å²) in [6.07, 6.45) is 1.46. The lowest BCUT2D eigenvalue weighted by Crippen LogP contribution is -2.35. The average molecular weight is 677 g/mol. The second kappa shape index (κ2) is 29.0. The van der Waals surface area contributed by atoms with Gasteiger partial charge in [0.05, 0.1) is 18.1 Å². The minimum Gasteiger partial charge on any atom is -0.480 e. The Morgan fingerprint density at radius 1 is 0.465 bits per heavy atom. The van der Waals surface area contributed by atoms with E-state index in [1.807, 2.05) is 0 Å². The number of carboxylic acids is 3. The van der Waals surface area contributed by atoms with Gasteiger partial charge in [0.1, 0.15) is 35.5 Å². The van der Waals surface area contributed by atoms with Crippen LogP contribution in [0.3, 0.4) is 0 Å². The molecule has 0 rings (SSSR count). The van der Waals surface area contributed by atoms with Crippen molar-refractivity contribution in [3.63, 3.8) is 0 Å². The van der Waals surface area contributed by atoms with Crippen LogP contribution in [0, 0.1) is 0 Å². The van der Waals surface area contributed by atoms with Gasteiger partial charge in [0, 0.05) is 17.3 Å². The number of carboxylic acid groups (broad SMARTS) is 3. The second-order valence-electron chi connectivity index (χ2n) is 9.08. The standard InChI is InChI=1S/C9H18N2O3S.C8H16N2O3S.C7H14N2O3S.CH4/c1-6(12)7(10)2-4-15-5-3-8(11)9(13)14;1-5(11)7(10)4-14-3-2-6(9)8(12)13;1-4(10)5(8)2-13-3-6(9)7(11)12;/h7-8H,2-5,10-11H2,1H3,(H,13,14);6-7H,2-4,9-10H2,1H3,(H,12,13);5-6H,2-3,8-9H2,1H3,(H,11,12);1H4. The molecule has 0 fully saturated rings. The number of ketones is 3. The maximum atomic E-state index is 10.8. The molecular weight excluding hydrogens is 625 g/mol. The summed E-state index contributed by atoms with van der Waals surface area (Å²) in [6, 6.07) is -3.88. The van der Waals surface area contributed by atoms with Gasteiger partial charge in [-0.25, -0.2) is 0 Å². The highest BCUT2D eigenvalue weighted by molar-refractivity contribution is 7.99. The van der Waals surface area contributed by atoms with Gasteiger partial charge in [-0.1, -0.05) is 7.43 Å². The van der Waals surface area contributed by atoms with Gasteiger partial charge in [-0.15, -0.1) is 0 Å². The van der Waals surface area contributed by atoms with Crippen molar-refractivity contribution in [3.8, 4) is 0 Å². The third-order valence-corrected chi connectivity index (χ3v) is 8.49. The van der Waals surface area contributed by atoms with Gasteiger partial charge < -0.3 is 49.7 Å². The van der Waals surface area contributed by atoms with Gasteiger partial charge in [-0.2, -0.15) is 35.3 Å². The molecule has 43 heavy (non-hydrogen) atoms. The molecule has 15 nitrogen and oxygen atoms in total. The zero-order chi connectivity index (χ0) is 33.4. The number of carbonyl (C=O) groups is 6. The summed E-state index contributed by atoms with van der Waals surface area (Å²) in [6.45, 7) is 4.31. The highest BCUT2D eigenvalue weighted by Gasteiger charge is 2.14. The Bertz CT molecular complexity index is 778. The largest absolute Gasteiger partial charge is 0.480 e. The van der Waals surface area contributed by atoms with Crippen molar-refractivity contribution < 1.29 is 44.1 Å². The third kappa shape index (κ3) is 31.5. The third-order valence-electron chi connectivity index (χ3n) is 5.13. The number of rotatable bonds is 21. The predicted molar refractivity (Wildman–Crippen MR) is 175 cm³/mol. The molecule has 0 radical (unpaired) electrons. The van der Waals surface area contributed by atoms with Crippen LogP contribution in [0.1, 0.15) is 47.5 Å². The minimum absolute atomic E-state index is 0. The van der Waals surface area contributed by atoms with E-state index < -0.39 is 54.2 Å². The molecule has 254 valence electrons. The lowest BCUT2D eigenvalue weighted by atomic mass is 10.2. The van der Waals surface area contributed by atoms with Crippen LogP contribution in [0.2, 0.25) is 0 Å². The predicted octanol–water partition coefficient (Wildman–Crippen LogP) is -1.05. The highest BCUT2D eigenvalue weighted by Crippen LogP contribution is 2.08. The highest BCUT2D eigenvalue weighted by atomic mass is 32.2. The number of hydrogen-bond donors (Lipinski definition) is 9. The Balaban J connectivity index is -0.000000263. The molecule has 18 heteroatoms. The molecule has 0 heterocycles. The van der Waals surface area contributed by atoms with E-state index in [1.54, 1.807) is 11.8 Å². The summed E-state index contributed by atoms with van der Waals surface area (Å²) in [4.78, 5) is 63.1. The van der Waals surface area contributed by atoms with Gasteiger partial charge in [0.25, 0.3) is 0 Å². The molecule has 0 bridgehead atoms. The fraction of sp³-hybridized carbons (Fsp3) is 0.760. The molecule has 15 N–H and O–H groups in total. The molecule has 0 aliphatic rings. The summed E-state index contributed by atoms with van der Waals surface area (Å²) in [5.74, 6) is 0.0594. The first-order chi connectivity index (χ1) is 19.3. The van der Waals surface area contributed by atoms with Gasteiger partial charge in [-0.3, -0.25) is 28.8 Å². The van der Waals surface area contributed by atoms with Crippen LogP contribution in [0.15, 0.2) is 0 Å². The first kappa shape index (κ1) is 48.1. The van der Waals surface area contributed by atoms with E-state index in [0.717, 1.165) is 5.75 Å².